The van der Waals surface area contributed by atoms with Crippen LogP contribution >= 0.6 is 11.6 Å². The van der Waals surface area contributed by atoms with Gasteiger partial charge in [0, 0.05) is 44.3 Å². The lowest BCUT2D eigenvalue weighted by Crippen LogP contribution is -2.51. The quantitative estimate of drug-likeness (QED) is 0.803. The predicted molar refractivity (Wildman–Crippen MR) is 103 cm³/mol. The number of piperazine rings is 1. The Morgan fingerprint density at radius 1 is 1.08 bits per heavy atom. The van der Waals surface area contributed by atoms with Gasteiger partial charge in [0.2, 0.25) is 0 Å². The van der Waals surface area contributed by atoms with Crippen LogP contribution < -0.4 is 5.32 Å². The molecule has 1 aliphatic heterocycles. The second kappa shape index (κ2) is 9.25. The number of rotatable bonds is 5. The van der Waals surface area contributed by atoms with E-state index in [2.05, 4.69) is 28.4 Å². The van der Waals surface area contributed by atoms with Crippen LogP contribution in [0.4, 0.5) is 4.79 Å². The van der Waals surface area contributed by atoms with Crippen LogP contribution in [-0.4, -0.2) is 48.6 Å². The largest absolute Gasteiger partial charge is 0.338 e. The van der Waals surface area contributed by atoms with E-state index < -0.39 is 0 Å². The molecule has 0 spiro atoms. The van der Waals surface area contributed by atoms with Crippen molar-refractivity contribution < 1.29 is 4.79 Å². The Morgan fingerprint density at radius 3 is 2.52 bits per heavy atom. The fraction of sp³-hybridized carbons (Fsp3) is 0.550. The molecule has 1 aromatic carbocycles. The Labute approximate surface area is 155 Å². The summed E-state index contributed by atoms with van der Waals surface area (Å²) in [5, 5.41) is 3.86. The molecule has 0 radical (unpaired) electrons. The van der Waals surface area contributed by atoms with E-state index in [1.54, 1.807) is 0 Å². The molecule has 1 aromatic rings. The third kappa shape index (κ3) is 5.75. The topological polar surface area (TPSA) is 35.6 Å². The lowest BCUT2D eigenvalue weighted by Gasteiger charge is -2.34. The SMILES string of the molecule is O=C(NCCC1=CCCCC1)N1CCN(Cc2ccc(Cl)cc2)CC1. The van der Waals surface area contributed by atoms with Crippen LogP contribution in [0.15, 0.2) is 35.9 Å². The van der Waals surface area contributed by atoms with Crippen molar-refractivity contribution in [2.45, 2.75) is 38.6 Å². The second-order valence-electron chi connectivity index (χ2n) is 6.98. The van der Waals surface area contributed by atoms with Gasteiger partial charge in [0.05, 0.1) is 0 Å². The number of urea groups is 1. The summed E-state index contributed by atoms with van der Waals surface area (Å²) in [6, 6.07) is 8.09. The highest BCUT2D eigenvalue weighted by atomic mass is 35.5. The zero-order chi connectivity index (χ0) is 17.5. The molecule has 1 saturated heterocycles. The fourth-order valence-corrected chi connectivity index (χ4v) is 3.66. The molecule has 1 fully saturated rings. The highest BCUT2D eigenvalue weighted by Gasteiger charge is 2.20. The summed E-state index contributed by atoms with van der Waals surface area (Å²) in [4.78, 5) is 16.6. The van der Waals surface area contributed by atoms with Crippen LogP contribution in [0.1, 0.15) is 37.7 Å². The normalized spacial score (nSPS) is 18.8. The van der Waals surface area contributed by atoms with E-state index in [9.17, 15) is 4.79 Å². The molecule has 0 bridgehead atoms. The van der Waals surface area contributed by atoms with E-state index in [-0.39, 0.29) is 6.03 Å². The van der Waals surface area contributed by atoms with Crippen LogP contribution in [-0.2, 0) is 6.54 Å². The van der Waals surface area contributed by atoms with Crippen LogP contribution in [0.5, 0.6) is 0 Å². The van der Waals surface area contributed by atoms with E-state index >= 15 is 0 Å². The molecule has 1 aliphatic carbocycles. The molecule has 0 atom stereocenters. The molecule has 3 rings (SSSR count). The molecule has 0 saturated carbocycles. The van der Waals surface area contributed by atoms with E-state index in [0.717, 1.165) is 50.7 Å². The van der Waals surface area contributed by atoms with Gasteiger partial charge in [0.25, 0.3) is 0 Å². The molecule has 25 heavy (non-hydrogen) atoms. The first-order chi connectivity index (χ1) is 12.2. The van der Waals surface area contributed by atoms with Crippen molar-refractivity contribution in [2.75, 3.05) is 32.7 Å². The Morgan fingerprint density at radius 2 is 1.84 bits per heavy atom. The van der Waals surface area contributed by atoms with Gasteiger partial charge in [0.15, 0.2) is 0 Å². The zero-order valence-electron chi connectivity index (χ0n) is 14.8. The minimum absolute atomic E-state index is 0.0857. The van der Waals surface area contributed by atoms with Crippen molar-refractivity contribution in [1.82, 2.24) is 15.1 Å². The Hall–Kier alpha value is -1.52. The smallest absolute Gasteiger partial charge is 0.317 e. The minimum Gasteiger partial charge on any atom is -0.338 e. The molecule has 2 amide bonds. The Balaban J connectivity index is 1.35. The van der Waals surface area contributed by atoms with E-state index in [1.165, 1.54) is 36.8 Å². The number of nitrogens with zero attached hydrogens (tertiary/aromatic N) is 2. The first kappa shape index (κ1) is 18.3. The average Bonchev–Trinajstić information content (AvgIpc) is 2.65. The number of benzene rings is 1. The maximum atomic E-state index is 12.3. The standard InChI is InChI=1S/C20H28ClN3O/c21-19-8-6-18(7-9-19)16-23-12-14-24(15-13-23)20(25)22-11-10-17-4-2-1-3-5-17/h4,6-9H,1-3,5,10-16H2,(H,22,25). The highest BCUT2D eigenvalue weighted by Crippen LogP contribution is 2.19. The molecule has 136 valence electrons. The van der Waals surface area contributed by atoms with Crippen molar-refractivity contribution >= 4 is 17.6 Å². The summed E-state index contributed by atoms with van der Waals surface area (Å²) >= 11 is 5.93. The maximum absolute atomic E-state index is 12.3. The van der Waals surface area contributed by atoms with Gasteiger partial charge >= 0.3 is 6.03 Å². The van der Waals surface area contributed by atoms with Gasteiger partial charge in [-0.1, -0.05) is 35.4 Å². The lowest BCUT2D eigenvalue weighted by atomic mass is 9.97. The molecule has 0 unspecified atom stereocenters. The van der Waals surface area contributed by atoms with Gasteiger partial charge in [-0.3, -0.25) is 4.90 Å². The van der Waals surface area contributed by atoms with E-state index in [4.69, 9.17) is 11.6 Å². The van der Waals surface area contributed by atoms with Crippen LogP contribution in [0, 0.1) is 0 Å². The van der Waals surface area contributed by atoms with Gasteiger partial charge in [0.1, 0.15) is 0 Å². The molecular formula is C20H28ClN3O. The fourth-order valence-electron chi connectivity index (χ4n) is 3.53. The Bertz CT molecular complexity index is 591. The first-order valence-corrected chi connectivity index (χ1v) is 9.76. The van der Waals surface area contributed by atoms with Crippen molar-refractivity contribution in [3.05, 3.63) is 46.5 Å². The number of hydrogen-bond donors (Lipinski definition) is 1. The third-order valence-corrected chi connectivity index (χ3v) is 5.34. The van der Waals surface area contributed by atoms with Crippen molar-refractivity contribution in [3.63, 3.8) is 0 Å². The summed E-state index contributed by atoms with van der Waals surface area (Å²) in [5.74, 6) is 0. The first-order valence-electron chi connectivity index (χ1n) is 9.38. The molecule has 1 N–H and O–H groups in total. The number of carbonyl (C=O) groups is 1. The predicted octanol–water partition coefficient (Wildman–Crippen LogP) is 4.06. The van der Waals surface area contributed by atoms with Gasteiger partial charge < -0.3 is 10.2 Å². The van der Waals surface area contributed by atoms with E-state index in [1.807, 2.05) is 17.0 Å². The van der Waals surface area contributed by atoms with E-state index in [0.29, 0.717) is 0 Å². The zero-order valence-corrected chi connectivity index (χ0v) is 15.6. The summed E-state index contributed by atoms with van der Waals surface area (Å²) in [6.45, 7) is 5.10. The van der Waals surface area contributed by atoms with Gasteiger partial charge in [-0.05, 0) is 49.8 Å². The van der Waals surface area contributed by atoms with Gasteiger partial charge in [-0.25, -0.2) is 4.79 Å². The van der Waals surface area contributed by atoms with Crippen LogP contribution in [0.2, 0.25) is 5.02 Å². The number of amides is 2. The Kier molecular flexibility index (Phi) is 6.76. The van der Waals surface area contributed by atoms with Crippen molar-refractivity contribution in [1.29, 1.82) is 0 Å². The maximum Gasteiger partial charge on any atom is 0.317 e. The molecule has 5 heteroatoms. The summed E-state index contributed by atoms with van der Waals surface area (Å²) in [7, 11) is 0. The second-order valence-corrected chi connectivity index (χ2v) is 7.42. The summed E-state index contributed by atoms with van der Waals surface area (Å²) in [6.07, 6.45) is 8.39. The van der Waals surface area contributed by atoms with Crippen LogP contribution in [0.3, 0.4) is 0 Å². The average molecular weight is 362 g/mol. The molecular weight excluding hydrogens is 334 g/mol. The number of nitrogens with one attached hydrogen (secondary N) is 1. The van der Waals surface area contributed by atoms with Gasteiger partial charge in [-0.15, -0.1) is 0 Å². The number of allylic oxidation sites excluding steroid dienone is 1. The van der Waals surface area contributed by atoms with Gasteiger partial charge in [-0.2, -0.15) is 0 Å². The molecule has 0 aromatic heterocycles. The molecule has 1 heterocycles. The number of carbonyl (C=O) groups excluding carboxylic acids is 1. The third-order valence-electron chi connectivity index (χ3n) is 5.09. The lowest BCUT2D eigenvalue weighted by molar-refractivity contribution is 0.135. The summed E-state index contributed by atoms with van der Waals surface area (Å²) < 4.78 is 0. The monoisotopic (exact) mass is 361 g/mol. The minimum atomic E-state index is 0.0857. The van der Waals surface area contributed by atoms with Crippen molar-refractivity contribution in [3.8, 4) is 0 Å². The molecule has 4 nitrogen and oxygen atoms in total. The highest BCUT2D eigenvalue weighted by molar-refractivity contribution is 6.30. The molecule has 2 aliphatic rings. The number of halogens is 1. The van der Waals surface area contributed by atoms with Crippen LogP contribution in [0.25, 0.3) is 0 Å². The number of hydrogen-bond acceptors (Lipinski definition) is 2. The van der Waals surface area contributed by atoms with Crippen molar-refractivity contribution in [2.24, 2.45) is 0 Å². The summed E-state index contributed by atoms with van der Waals surface area (Å²) in [5.41, 5.74) is 2.78.